The van der Waals surface area contributed by atoms with E-state index in [0.29, 0.717) is 54.2 Å². The molecule has 172 valence electrons. The predicted octanol–water partition coefficient (Wildman–Crippen LogP) is 3.30. The Morgan fingerprint density at radius 2 is 2.06 bits per heavy atom. The molecule has 1 saturated heterocycles. The number of anilines is 1. The number of halogens is 2. The Hall–Kier alpha value is -2.95. The average Bonchev–Trinajstić information content (AvgIpc) is 3.22. The topological polar surface area (TPSA) is 106 Å². The van der Waals surface area contributed by atoms with E-state index in [-0.39, 0.29) is 17.8 Å². The Morgan fingerprint density at radius 3 is 2.85 bits per heavy atom. The second-order valence-corrected chi connectivity index (χ2v) is 8.91. The fourth-order valence-corrected chi connectivity index (χ4v) is 5.28. The number of benzene rings is 1. The molecular weight excluding hydrogens is 471 g/mol. The summed E-state index contributed by atoms with van der Waals surface area (Å²) in [5.41, 5.74) is 2.45. The summed E-state index contributed by atoms with van der Waals surface area (Å²) in [5, 5.41) is 12.3. The van der Waals surface area contributed by atoms with Gasteiger partial charge in [0.2, 0.25) is 0 Å². The molecular formula is C21H20Cl2N6O4. The van der Waals surface area contributed by atoms with E-state index >= 15 is 0 Å². The van der Waals surface area contributed by atoms with Crippen molar-refractivity contribution in [1.29, 1.82) is 0 Å². The third-order valence-corrected chi connectivity index (χ3v) is 6.72. The highest BCUT2D eigenvalue weighted by molar-refractivity contribution is 6.35. The van der Waals surface area contributed by atoms with Gasteiger partial charge in [-0.1, -0.05) is 23.2 Å². The molecule has 3 aromatic rings. The highest BCUT2D eigenvalue weighted by Crippen LogP contribution is 2.37. The second kappa shape index (κ2) is 8.44. The van der Waals surface area contributed by atoms with Gasteiger partial charge in [-0.25, -0.2) is 4.98 Å². The maximum atomic E-state index is 13.5. The molecule has 33 heavy (non-hydrogen) atoms. The van der Waals surface area contributed by atoms with Crippen molar-refractivity contribution in [3.05, 3.63) is 62.0 Å². The SMILES string of the molecule is C[C@H]1c2c(Cl)cc(Cl)cc2CCN1C(=O)[C@H]1CN(c2cnc3cnc([N+](=O)[O-])cn23)CCO1. The Morgan fingerprint density at radius 1 is 1.24 bits per heavy atom. The number of morpholine rings is 1. The van der Waals surface area contributed by atoms with Crippen LogP contribution < -0.4 is 4.90 Å². The number of rotatable bonds is 3. The van der Waals surface area contributed by atoms with E-state index in [0.717, 1.165) is 11.1 Å². The monoisotopic (exact) mass is 490 g/mol. The van der Waals surface area contributed by atoms with Gasteiger partial charge in [-0.15, -0.1) is 0 Å². The summed E-state index contributed by atoms with van der Waals surface area (Å²) in [6.07, 6.45) is 4.29. The molecule has 0 unspecified atom stereocenters. The van der Waals surface area contributed by atoms with Crippen molar-refractivity contribution in [3.8, 4) is 0 Å². The number of carbonyl (C=O) groups is 1. The molecule has 0 aliphatic carbocycles. The molecule has 0 spiro atoms. The van der Waals surface area contributed by atoms with Gasteiger partial charge in [0.1, 0.15) is 12.0 Å². The van der Waals surface area contributed by atoms with E-state index in [1.54, 1.807) is 21.6 Å². The van der Waals surface area contributed by atoms with Gasteiger partial charge >= 0.3 is 5.82 Å². The van der Waals surface area contributed by atoms with Crippen LogP contribution >= 0.6 is 23.2 Å². The molecule has 2 aliphatic heterocycles. The van der Waals surface area contributed by atoms with Crippen LogP contribution in [0.25, 0.3) is 5.65 Å². The molecule has 1 aromatic carbocycles. The van der Waals surface area contributed by atoms with Crippen molar-refractivity contribution in [2.24, 2.45) is 0 Å². The van der Waals surface area contributed by atoms with E-state index in [1.807, 2.05) is 17.9 Å². The molecule has 4 heterocycles. The summed E-state index contributed by atoms with van der Waals surface area (Å²) in [7, 11) is 0. The van der Waals surface area contributed by atoms with Crippen molar-refractivity contribution in [1.82, 2.24) is 19.3 Å². The van der Waals surface area contributed by atoms with Gasteiger partial charge in [-0.05, 0) is 46.5 Å². The smallest absolute Gasteiger partial charge is 0.365 e. The first-order chi connectivity index (χ1) is 15.8. The minimum absolute atomic E-state index is 0.120. The largest absolute Gasteiger partial charge is 0.380 e. The first-order valence-electron chi connectivity index (χ1n) is 10.5. The lowest BCUT2D eigenvalue weighted by molar-refractivity contribution is -0.389. The van der Waals surface area contributed by atoms with Crippen LogP contribution in [-0.4, -0.2) is 62.4 Å². The van der Waals surface area contributed by atoms with Crippen molar-refractivity contribution < 1.29 is 14.5 Å². The Bertz CT molecular complexity index is 1270. The minimum Gasteiger partial charge on any atom is -0.365 e. The molecule has 10 nitrogen and oxygen atoms in total. The summed E-state index contributed by atoms with van der Waals surface area (Å²) < 4.78 is 7.46. The van der Waals surface area contributed by atoms with Crippen LogP contribution in [0.2, 0.25) is 10.0 Å². The lowest BCUT2D eigenvalue weighted by Gasteiger charge is -2.40. The number of aromatic nitrogens is 3. The van der Waals surface area contributed by atoms with Gasteiger partial charge < -0.3 is 24.7 Å². The van der Waals surface area contributed by atoms with E-state index in [1.165, 1.54) is 12.4 Å². The van der Waals surface area contributed by atoms with Crippen LogP contribution in [0.1, 0.15) is 24.1 Å². The number of nitro groups is 1. The van der Waals surface area contributed by atoms with Gasteiger partial charge in [0.25, 0.3) is 5.91 Å². The molecule has 0 saturated carbocycles. The fourth-order valence-electron chi connectivity index (χ4n) is 4.59. The molecule has 2 aliphatic rings. The maximum Gasteiger partial charge on any atom is 0.380 e. The van der Waals surface area contributed by atoms with Crippen LogP contribution in [-0.2, 0) is 16.0 Å². The zero-order valence-electron chi connectivity index (χ0n) is 17.6. The number of ether oxygens (including phenoxy) is 1. The van der Waals surface area contributed by atoms with Gasteiger partial charge in [0, 0.05) is 23.1 Å². The normalized spacial score (nSPS) is 20.7. The Balaban J connectivity index is 1.38. The van der Waals surface area contributed by atoms with E-state index in [9.17, 15) is 14.9 Å². The number of amides is 1. The lowest BCUT2D eigenvalue weighted by Crippen LogP contribution is -2.53. The number of imidazole rings is 1. The van der Waals surface area contributed by atoms with Crippen LogP contribution in [0.3, 0.4) is 0 Å². The Labute approximate surface area is 198 Å². The first kappa shape index (κ1) is 21.9. The molecule has 0 radical (unpaired) electrons. The highest BCUT2D eigenvalue weighted by Gasteiger charge is 2.36. The zero-order valence-corrected chi connectivity index (χ0v) is 19.2. The molecule has 2 atom stereocenters. The first-order valence-corrected chi connectivity index (χ1v) is 11.2. The fraction of sp³-hybridized carbons (Fsp3) is 0.381. The number of hydrogen-bond acceptors (Lipinski definition) is 7. The number of hydrogen-bond donors (Lipinski definition) is 0. The van der Waals surface area contributed by atoms with Crippen LogP contribution in [0.5, 0.6) is 0 Å². The van der Waals surface area contributed by atoms with Gasteiger partial charge in [0.05, 0.1) is 25.4 Å². The number of fused-ring (bicyclic) bond motifs is 2. The third kappa shape index (κ3) is 3.88. The predicted molar refractivity (Wildman–Crippen MR) is 122 cm³/mol. The molecule has 5 rings (SSSR count). The Kier molecular flexibility index (Phi) is 5.59. The average molecular weight is 491 g/mol. The molecule has 12 heteroatoms. The summed E-state index contributed by atoms with van der Waals surface area (Å²) in [6, 6.07) is 3.39. The second-order valence-electron chi connectivity index (χ2n) is 8.07. The van der Waals surface area contributed by atoms with Crippen molar-refractivity contribution >= 4 is 46.4 Å². The van der Waals surface area contributed by atoms with Crippen LogP contribution in [0.4, 0.5) is 11.6 Å². The minimum atomic E-state index is -0.684. The lowest BCUT2D eigenvalue weighted by atomic mass is 9.93. The molecule has 1 amide bonds. The van der Waals surface area contributed by atoms with Crippen molar-refractivity contribution in [2.45, 2.75) is 25.5 Å². The molecule has 0 N–H and O–H groups in total. The van der Waals surface area contributed by atoms with Crippen LogP contribution in [0.15, 0.2) is 30.7 Å². The zero-order chi connectivity index (χ0) is 23.3. The number of carbonyl (C=O) groups excluding carboxylic acids is 1. The summed E-state index contributed by atoms with van der Waals surface area (Å²) >= 11 is 12.6. The van der Waals surface area contributed by atoms with Gasteiger partial charge in [-0.3, -0.25) is 9.20 Å². The summed E-state index contributed by atoms with van der Waals surface area (Å²) in [4.78, 5) is 35.9. The van der Waals surface area contributed by atoms with E-state index in [4.69, 9.17) is 27.9 Å². The van der Waals surface area contributed by atoms with Gasteiger partial charge in [0.15, 0.2) is 17.9 Å². The molecule has 0 bridgehead atoms. The van der Waals surface area contributed by atoms with Crippen LogP contribution in [0, 0.1) is 10.1 Å². The van der Waals surface area contributed by atoms with Gasteiger partial charge in [-0.2, -0.15) is 0 Å². The molecule has 1 fully saturated rings. The molecule has 2 aromatic heterocycles. The summed E-state index contributed by atoms with van der Waals surface area (Å²) in [5.74, 6) is 0.247. The standard InChI is InChI=1S/C21H20Cl2N6O4/c1-12-20-13(6-14(22)7-15(20)23)2-3-27(12)21(30)16-10-26(4-5-33-16)19-9-25-17-8-24-18(29(31)32)11-28(17)19/h6-9,11-12,16H,2-5,10H2,1H3/t12-,16+/m0/s1. The van der Waals surface area contributed by atoms with Crippen molar-refractivity contribution in [2.75, 3.05) is 31.1 Å². The number of nitrogens with zero attached hydrogens (tertiary/aromatic N) is 6. The third-order valence-electron chi connectivity index (χ3n) is 6.19. The highest BCUT2D eigenvalue weighted by atomic mass is 35.5. The van der Waals surface area contributed by atoms with Crippen molar-refractivity contribution in [3.63, 3.8) is 0 Å². The van der Waals surface area contributed by atoms with E-state index < -0.39 is 11.0 Å². The summed E-state index contributed by atoms with van der Waals surface area (Å²) in [6.45, 7) is 3.65. The van der Waals surface area contributed by atoms with E-state index in [2.05, 4.69) is 9.97 Å². The quantitative estimate of drug-likeness (QED) is 0.409. The maximum absolute atomic E-state index is 13.5.